The van der Waals surface area contributed by atoms with Crippen LogP contribution in [0.15, 0.2) is 22.7 Å². The molecule has 20 heavy (non-hydrogen) atoms. The van der Waals surface area contributed by atoms with Gasteiger partial charge in [-0.2, -0.15) is 11.8 Å². The van der Waals surface area contributed by atoms with Crippen LogP contribution >= 0.6 is 27.7 Å². The van der Waals surface area contributed by atoms with Gasteiger partial charge in [-0.15, -0.1) is 0 Å². The van der Waals surface area contributed by atoms with E-state index in [1.165, 1.54) is 29.9 Å². The molecule has 0 aliphatic carbocycles. The highest BCUT2D eigenvalue weighted by molar-refractivity contribution is 9.10. The van der Waals surface area contributed by atoms with Crippen molar-refractivity contribution in [1.29, 1.82) is 0 Å². The van der Waals surface area contributed by atoms with Crippen LogP contribution in [0.4, 0.5) is 0 Å². The molecule has 0 amide bonds. The van der Waals surface area contributed by atoms with Gasteiger partial charge in [0.05, 0.1) is 0 Å². The predicted molar refractivity (Wildman–Crippen MR) is 87.2 cm³/mol. The third kappa shape index (κ3) is 4.24. The fraction of sp³-hybridized carbons (Fsp3) is 0.533. The Balaban J connectivity index is 2.06. The number of carbonyl (C=O) groups is 1. The molecule has 1 unspecified atom stereocenters. The summed E-state index contributed by atoms with van der Waals surface area (Å²) in [6.07, 6.45) is 3.04. The first-order valence-electron chi connectivity index (χ1n) is 6.92. The summed E-state index contributed by atoms with van der Waals surface area (Å²) in [4.78, 5) is 10.6. The second kappa shape index (κ2) is 7.48. The summed E-state index contributed by atoms with van der Waals surface area (Å²) in [6, 6.07) is 6.05. The van der Waals surface area contributed by atoms with Crippen LogP contribution in [0.1, 0.15) is 48.8 Å². The topological polar surface area (TPSA) is 63.3 Å². The highest BCUT2D eigenvalue weighted by Crippen LogP contribution is 2.36. The van der Waals surface area contributed by atoms with Gasteiger partial charge in [-0.3, -0.25) is 4.79 Å². The highest BCUT2D eigenvalue weighted by atomic mass is 79.9. The maximum Gasteiger partial charge on any atom is 0.303 e. The van der Waals surface area contributed by atoms with E-state index in [1.54, 1.807) is 0 Å². The maximum atomic E-state index is 10.6. The van der Waals surface area contributed by atoms with Crippen LogP contribution in [0.5, 0.6) is 0 Å². The van der Waals surface area contributed by atoms with E-state index in [1.807, 2.05) is 17.8 Å². The molecule has 1 heterocycles. The molecule has 0 radical (unpaired) electrons. The summed E-state index contributed by atoms with van der Waals surface area (Å²) in [7, 11) is 0. The van der Waals surface area contributed by atoms with Gasteiger partial charge in [0.1, 0.15) is 0 Å². The molecule has 3 nitrogen and oxygen atoms in total. The summed E-state index contributed by atoms with van der Waals surface area (Å²) >= 11 is 5.68. The van der Waals surface area contributed by atoms with Crippen molar-refractivity contribution < 1.29 is 9.90 Å². The van der Waals surface area contributed by atoms with Gasteiger partial charge >= 0.3 is 5.97 Å². The number of hydrogen-bond donors (Lipinski definition) is 2. The molecule has 1 fully saturated rings. The summed E-state index contributed by atoms with van der Waals surface area (Å²) < 4.78 is 1.11. The number of thioether (sulfide) groups is 1. The Morgan fingerprint density at radius 1 is 1.45 bits per heavy atom. The highest BCUT2D eigenvalue weighted by Gasteiger charge is 2.19. The van der Waals surface area contributed by atoms with Gasteiger partial charge in [-0.1, -0.05) is 28.1 Å². The van der Waals surface area contributed by atoms with E-state index >= 15 is 0 Å². The van der Waals surface area contributed by atoms with Gasteiger partial charge in [0, 0.05) is 16.9 Å². The van der Waals surface area contributed by atoms with Crippen LogP contribution in [-0.2, 0) is 4.79 Å². The Bertz CT molecular complexity index is 475. The second-order valence-electron chi connectivity index (χ2n) is 5.21. The van der Waals surface area contributed by atoms with Gasteiger partial charge in [-0.05, 0) is 53.9 Å². The molecule has 0 spiro atoms. The quantitative estimate of drug-likeness (QED) is 0.837. The number of hydrogen-bond acceptors (Lipinski definition) is 3. The smallest absolute Gasteiger partial charge is 0.303 e. The average Bonchev–Trinajstić information content (AvgIpc) is 2.45. The normalized spacial score (nSPS) is 17.9. The number of aliphatic carboxylic acids is 1. The molecular formula is C15H20BrNO2S. The Kier molecular flexibility index (Phi) is 5.93. The lowest BCUT2D eigenvalue weighted by molar-refractivity contribution is -0.137. The van der Waals surface area contributed by atoms with Crippen molar-refractivity contribution in [2.24, 2.45) is 5.73 Å². The molecule has 1 aromatic carbocycles. The first-order chi connectivity index (χ1) is 9.58. The van der Waals surface area contributed by atoms with Crippen molar-refractivity contribution in [1.82, 2.24) is 0 Å². The molecule has 1 saturated heterocycles. The van der Waals surface area contributed by atoms with Gasteiger partial charge in [0.2, 0.25) is 0 Å². The van der Waals surface area contributed by atoms with Gasteiger partial charge in [0.15, 0.2) is 0 Å². The minimum atomic E-state index is -0.796. The van der Waals surface area contributed by atoms with Crippen molar-refractivity contribution in [3.63, 3.8) is 0 Å². The zero-order valence-electron chi connectivity index (χ0n) is 11.3. The molecule has 110 valence electrons. The average molecular weight is 358 g/mol. The number of rotatable bonds is 5. The third-order valence-electron chi connectivity index (χ3n) is 3.78. The van der Waals surface area contributed by atoms with Crippen LogP contribution in [0.25, 0.3) is 0 Å². The molecule has 0 saturated carbocycles. The minimum Gasteiger partial charge on any atom is -0.481 e. The summed E-state index contributed by atoms with van der Waals surface area (Å²) in [5, 5.41) is 8.71. The van der Waals surface area contributed by atoms with E-state index in [0.29, 0.717) is 12.3 Å². The Labute approximate surface area is 132 Å². The molecule has 0 aromatic heterocycles. The number of carboxylic acid groups (broad SMARTS) is 1. The zero-order valence-corrected chi connectivity index (χ0v) is 13.8. The fourth-order valence-electron chi connectivity index (χ4n) is 2.56. The first kappa shape index (κ1) is 15.9. The van der Waals surface area contributed by atoms with Crippen molar-refractivity contribution in [2.75, 3.05) is 11.5 Å². The van der Waals surface area contributed by atoms with Crippen LogP contribution in [0, 0.1) is 0 Å². The van der Waals surface area contributed by atoms with Crippen LogP contribution < -0.4 is 5.73 Å². The lowest BCUT2D eigenvalue weighted by Crippen LogP contribution is -2.13. The van der Waals surface area contributed by atoms with Crippen LogP contribution in [0.2, 0.25) is 0 Å². The van der Waals surface area contributed by atoms with E-state index in [0.717, 1.165) is 10.0 Å². The van der Waals surface area contributed by atoms with Crippen molar-refractivity contribution >= 4 is 33.7 Å². The molecule has 5 heteroatoms. The predicted octanol–water partition coefficient (Wildman–Crippen LogP) is 3.92. The van der Waals surface area contributed by atoms with E-state index in [2.05, 4.69) is 28.1 Å². The molecule has 3 N–H and O–H groups in total. The van der Waals surface area contributed by atoms with Crippen molar-refractivity contribution in [3.8, 4) is 0 Å². The summed E-state index contributed by atoms with van der Waals surface area (Å²) in [5.41, 5.74) is 8.42. The van der Waals surface area contributed by atoms with E-state index in [9.17, 15) is 4.79 Å². The van der Waals surface area contributed by atoms with E-state index in [-0.39, 0.29) is 12.5 Å². The molecule has 1 aromatic rings. The SMILES string of the molecule is NC(CCC(=O)O)c1ccc(C2CCSCC2)c(Br)c1. The Morgan fingerprint density at radius 2 is 2.15 bits per heavy atom. The molecular weight excluding hydrogens is 338 g/mol. The second-order valence-corrected chi connectivity index (χ2v) is 7.29. The van der Waals surface area contributed by atoms with Crippen LogP contribution in [-0.4, -0.2) is 22.6 Å². The molecule has 1 aliphatic heterocycles. The Morgan fingerprint density at radius 3 is 2.75 bits per heavy atom. The van der Waals surface area contributed by atoms with Gasteiger partial charge < -0.3 is 10.8 Å². The minimum absolute atomic E-state index is 0.111. The monoisotopic (exact) mass is 357 g/mol. The summed E-state index contributed by atoms with van der Waals surface area (Å²) in [6.45, 7) is 0. The standard InChI is InChI=1S/C15H20BrNO2S/c16-13-9-11(14(17)3-4-15(18)19)1-2-12(13)10-5-7-20-8-6-10/h1-2,9-10,14H,3-8,17H2,(H,18,19). The largest absolute Gasteiger partial charge is 0.481 e. The number of benzene rings is 1. The lowest BCUT2D eigenvalue weighted by atomic mass is 9.91. The molecule has 2 rings (SSSR count). The van der Waals surface area contributed by atoms with E-state index < -0.39 is 5.97 Å². The van der Waals surface area contributed by atoms with Gasteiger partial charge in [-0.25, -0.2) is 0 Å². The van der Waals surface area contributed by atoms with Crippen LogP contribution in [0.3, 0.4) is 0 Å². The maximum absolute atomic E-state index is 10.6. The number of halogens is 1. The number of carboxylic acids is 1. The summed E-state index contributed by atoms with van der Waals surface area (Å²) in [5.74, 6) is 2.30. The molecule has 0 bridgehead atoms. The number of nitrogens with two attached hydrogens (primary N) is 1. The Hall–Kier alpha value is -0.520. The first-order valence-corrected chi connectivity index (χ1v) is 8.87. The third-order valence-corrected chi connectivity index (χ3v) is 5.52. The molecule has 1 aliphatic rings. The molecule has 1 atom stereocenters. The van der Waals surface area contributed by atoms with E-state index in [4.69, 9.17) is 10.8 Å². The lowest BCUT2D eigenvalue weighted by Gasteiger charge is -2.23. The van der Waals surface area contributed by atoms with Crippen molar-refractivity contribution in [3.05, 3.63) is 33.8 Å². The van der Waals surface area contributed by atoms with Crippen molar-refractivity contribution in [2.45, 2.75) is 37.6 Å². The zero-order chi connectivity index (χ0) is 14.5. The van der Waals surface area contributed by atoms with Gasteiger partial charge in [0.25, 0.3) is 0 Å². The fourth-order valence-corrected chi connectivity index (χ4v) is 4.39.